The molecule has 0 fully saturated rings. The monoisotopic (exact) mass is 903 g/mol. The lowest BCUT2D eigenvalue weighted by molar-refractivity contribution is -0.870. The predicted octanol–water partition coefficient (Wildman–Crippen LogP) is 2.22. The SMILES string of the molecule is CC(C)(NCc1cn(CCOCCOCCNC(=O)[C@H](Cc2cn(CCCCC[N+](C)(C)C)nn2)NC(=S)Nc2cc3cccnc3c3ncccc23)nn1)C(=O)[C@@H](N)CCC(=O)O. The number of nitrogens with one attached hydrogen (secondary N) is 4. The van der Waals surface area contributed by atoms with E-state index in [2.05, 4.69) is 73.0 Å². The number of unbranched alkanes of at least 4 members (excludes halogenated alkanes) is 2. The Hall–Kier alpha value is -5.58. The molecule has 0 aliphatic heterocycles. The van der Waals surface area contributed by atoms with Gasteiger partial charge in [-0.3, -0.25) is 34.4 Å². The van der Waals surface area contributed by atoms with Gasteiger partial charge in [-0.2, -0.15) is 0 Å². The van der Waals surface area contributed by atoms with Crippen LogP contribution in [0.2, 0.25) is 0 Å². The molecule has 64 heavy (non-hydrogen) atoms. The molecule has 4 aromatic heterocycles. The molecular formula is C43H63N14O6S+. The summed E-state index contributed by atoms with van der Waals surface area (Å²) in [7, 11) is 6.58. The third-order valence-corrected chi connectivity index (χ3v) is 10.6. The van der Waals surface area contributed by atoms with Gasteiger partial charge in [0, 0.05) is 68.0 Å². The van der Waals surface area contributed by atoms with E-state index >= 15 is 0 Å². The Bertz CT molecular complexity index is 2310. The van der Waals surface area contributed by atoms with Crippen molar-refractivity contribution in [1.29, 1.82) is 0 Å². The minimum atomic E-state index is -0.997. The van der Waals surface area contributed by atoms with Gasteiger partial charge in [0.2, 0.25) is 5.91 Å². The van der Waals surface area contributed by atoms with Gasteiger partial charge in [0.1, 0.15) is 6.04 Å². The van der Waals surface area contributed by atoms with Crippen LogP contribution in [-0.2, 0) is 49.9 Å². The molecule has 0 aliphatic carbocycles. The fourth-order valence-electron chi connectivity index (χ4n) is 6.84. The van der Waals surface area contributed by atoms with Crippen molar-refractivity contribution in [1.82, 2.24) is 55.9 Å². The molecule has 1 aromatic carbocycles. The Kier molecular flexibility index (Phi) is 18.5. The molecule has 0 aliphatic rings. The molecule has 4 heterocycles. The summed E-state index contributed by atoms with van der Waals surface area (Å²) in [5.74, 6) is -1.55. The summed E-state index contributed by atoms with van der Waals surface area (Å²) in [5.41, 5.74) is 8.49. The van der Waals surface area contributed by atoms with Crippen LogP contribution < -0.4 is 27.0 Å². The number of anilines is 1. The Morgan fingerprint density at radius 1 is 0.906 bits per heavy atom. The summed E-state index contributed by atoms with van der Waals surface area (Å²) >= 11 is 5.78. The molecule has 0 unspecified atom stereocenters. The van der Waals surface area contributed by atoms with Gasteiger partial charge < -0.3 is 40.7 Å². The number of aliphatic carboxylic acids is 1. The quantitative estimate of drug-likeness (QED) is 0.0182. The van der Waals surface area contributed by atoms with Gasteiger partial charge in [0.15, 0.2) is 10.9 Å². The van der Waals surface area contributed by atoms with Gasteiger partial charge in [0.25, 0.3) is 0 Å². The van der Waals surface area contributed by atoms with Crippen molar-refractivity contribution in [2.75, 3.05) is 66.0 Å². The predicted molar refractivity (Wildman–Crippen MR) is 246 cm³/mol. The molecule has 0 radical (unpaired) electrons. The number of Topliss-reactive ketones (excluding diaryl/α,β-unsaturated/α-hetero) is 1. The highest BCUT2D eigenvalue weighted by Crippen LogP contribution is 2.29. The Balaban J connectivity index is 1.06. The summed E-state index contributed by atoms with van der Waals surface area (Å²) in [5, 5.41) is 40.5. The van der Waals surface area contributed by atoms with E-state index in [4.69, 9.17) is 32.5 Å². The van der Waals surface area contributed by atoms with Gasteiger partial charge >= 0.3 is 5.97 Å². The highest BCUT2D eigenvalue weighted by Gasteiger charge is 2.32. The number of quaternary nitrogens is 1. The third-order valence-electron chi connectivity index (χ3n) is 10.3. The first-order valence-electron chi connectivity index (χ1n) is 21.6. The number of benzene rings is 1. The minimum absolute atomic E-state index is 0.0669. The normalized spacial score (nSPS) is 12.9. The van der Waals surface area contributed by atoms with Crippen molar-refractivity contribution < 1.29 is 33.4 Å². The molecule has 20 nitrogen and oxygen atoms in total. The maximum absolute atomic E-state index is 13.7. The second-order valence-electron chi connectivity index (χ2n) is 17.2. The number of ketones is 1. The Morgan fingerprint density at radius 2 is 1.59 bits per heavy atom. The topological polar surface area (TPSA) is 251 Å². The number of amides is 1. The number of hydrogen-bond acceptors (Lipinski definition) is 14. The minimum Gasteiger partial charge on any atom is -0.481 e. The molecule has 7 N–H and O–H groups in total. The van der Waals surface area contributed by atoms with Crippen LogP contribution in [0.3, 0.4) is 0 Å². The summed E-state index contributed by atoms with van der Waals surface area (Å²) in [6, 6.07) is 7.96. The number of rotatable bonds is 28. The molecule has 1 amide bonds. The molecule has 0 spiro atoms. The Labute approximate surface area is 378 Å². The van der Waals surface area contributed by atoms with E-state index < -0.39 is 23.6 Å². The third kappa shape index (κ3) is 15.9. The van der Waals surface area contributed by atoms with E-state index in [1.807, 2.05) is 41.2 Å². The number of nitrogens with zero attached hydrogens (tertiary/aromatic N) is 9. The number of hydrogen-bond donors (Lipinski definition) is 6. The number of nitrogens with two attached hydrogens (primary N) is 1. The largest absolute Gasteiger partial charge is 0.481 e. The van der Waals surface area contributed by atoms with Crippen LogP contribution >= 0.6 is 12.2 Å². The Morgan fingerprint density at radius 3 is 2.34 bits per heavy atom. The van der Waals surface area contributed by atoms with Gasteiger partial charge in [0.05, 0.1) is 100 Å². The maximum Gasteiger partial charge on any atom is 0.303 e. The van der Waals surface area contributed by atoms with E-state index in [1.165, 1.54) is 0 Å². The molecule has 0 saturated carbocycles. The van der Waals surface area contributed by atoms with Crippen LogP contribution in [0.25, 0.3) is 21.8 Å². The summed E-state index contributed by atoms with van der Waals surface area (Å²) in [6.45, 7) is 7.52. The van der Waals surface area contributed by atoms with Gasteiger partial charge in [-0.25, -0.2) is 4.68 Å². The van der Waals surface area contributed by atoms with Crippen molar-refractivity contribution in [3.8, 4) is 0 Å². The highest BCUT2D eigenvalue weighted by atomic mass is 32.1. The van der Waals surface area contributed by atoms with Crippen molar-refractivity contribution >= 4 is 62.5 Å². The van der Waals surface area contributed by atoms with E-state index in [0.717, 1.165) is 64.3 Å². The van der Waals surface area contributed by atoms with Crippen LogP contribution in [0.15, 0.2) is 55.1 Å². The molecule has 2 atom stereocenters. The van der Waals surface area contributed by atoms with Crippen LogP contribution in [-0.4, -0.2) is 151 Å². The number of carboxylic acid groups (broad SMARTS) is 1. The lowest BCUT2D eigenvalue weighted by Crippen LogP contribution is -2.53. The van der Waals surface area contributed by atoms with Gasteiger partial charge in [-0.1, -0.05) is 16.5 Å². The van der Waals surface area contributed by atoms with E-state index in [0.29, 0.717) is 37.8 Å². The number of carbonyl (C=O) groups excluding carboxylic acids is 2. The summed E-state index contributed by atoms with van der Waals surface area (Å²) in [4.78, 5) is 46.4. The molecule has 5 aromatic rings. The first kappa shape index (κ1) is 49.4. The molecular weight excluding hydrogens is 841 g/mol. The summed E-state index contributed by atoms with van der Waals surface area (Å²) in [6.07, 6.45) is 10.5. The van der Waals surface area contributed by atoms with Crippen molar-refractivity contribution in [3.05, 3.63) is 66.5 Å². The number of ether oxygens (including phenoxy) is 2. The van der Waals surface area contributed by atoms with E-state index in [1.54, 1.807) is 37.1 Å². The first-order chi connectivity index (χ1) is 30.6. The number of carbonyl (C=O) groups is 3. The number of aryl methyl sites for hydroxylation is 1. The second kappa shape index (κ2) is 23.9. The van der Waals surface area contributed by atoms with E-state index in [-0.39, 0.29) is 55.8 Å². The summed E-state index contributed by atoms with van der Waals surface area (Å²) < 4.78 is 15.8. The zero-order valence-corrected chi connectivity index (χ0v) is 38.3. The van der Waals surface area contributed by atoms with Gasteiger partial charge in [-0.05, 0) is 76.0 Å². The average Bonchev–Trinajstić information content (AvgIpc) is 3.92. The van der Waals surface area contributed by atoms with Crippen molar-refractivity contribution in [3.63, 3.8) is 0 Å². The number of thiocarbonyl (C=S) groups is 1. The zero-order valence-electron chi connectivity index (χ0n) is 37.5. The smallest absolute Gasteiger partial charge is 0.303 e. The molecule has 21 heteroatoms. The van der Waals surface area contributed by atoms with E-state index in [9.17, 15) is 14.4 Å². The van der Waals surface area contributed by atoms with Crippen LogP contribution in [0, 0.1) is 0 Å². The lowest BCUT2D eigenvalue weighted by atomic mass is 9.91. The lowest BCUT2D eigenvalue weighted by Gasteiger charge is -2.27. The molecule has 0 saturated heterocycles. The number of carboxylic acids is 1. The fourth-order valence-corrected chi connectivity index (χ4v) is 7.10. The highest BCUT2D eigenvalue weighted by molar-refractivity contribution is 7.80. The fraction of sp³-hybridized carbons (Fsp3) is 0.535. The first-order valence-corrected chi connectivity index (χ1v) is 22.0. The standard InChI is InChI=1S/C43H62N14O6S/c1-43(2,40(60)34(44)13-14-37(58)59)48-27-32-29-56(54-52-32)19-22-63-24-23-62-21-17-47-41(61)36(26-31-28-55(53-51-31)18-7-6-8-20-57(3,4)5)50-42(64)49-35-25-30-11-9-15-45-38(30)39-33(35)12-10-16-46-39/h9-12,15-16,25,28-29,34,36,48H,6-8,13-14,17-24,26-27,44H2,1-5H3,(H3-,46,47,49,50,58,59,61,64)/p+1/t34-,36-/m0/s1. The van der Waals surface area contributed by atoms with Crippen LogP contribution in [0.5, 0.6) is 0 Å². The molecule has 0 bridgehead atoms. The number of pyridine rings is 2. The van der Waals surface area contributed by atoms with Crippen molar-refractivity contribution in [2.24, 2.45) is 5.73 Å². The number of fused-ring (bicyclic) bond motifs is 3. The maximum atomic E-state index is 13.7. The number of aromatic nitrogens is 8. The van der Waals surface area contributed by atoms with Crippen LogP contribution in [0.4, 0.5) is 5.69 Å². The zero-order chi connectivity index (χ0) is 46.1. The van der Waals surface area contributed by atoms with Gasteiger partial charge in [-0.15, -0.1) is 10.2 Å². The average molecular weight is 904 g/mol. The molecule has 346 valence electrons. The molecule has 5 rings (SSSR count). The second-order valence-corrected chi connectivity index (χ2v) is 17.6. The van der Waals surface area contributed by atoms with Crippen LogP contribution in [0.1, 0.15) is 57.3 Å². The van der Waals surface area contributed by atoms with Crippen molar-refractivity contribution in [2.45, 2.75) is 89.6 Å².